The number of benzene rings is 1. The minimum Gasteiger partial charge on any atom is -0.457 e. The van der Waals surface area contributed by atoms with Crippen LogP contribution < -0.4 is 0 Å². The quantitative estimate of drug-likeness (QED) is 0.560. The Hall–Kier alpha value is -1.02. The van der Waals surface area contributed by atoms with Gasteiger partial charge in [-0.3, -0.25) is 4.79 Å². The van der Waals surface area contributed by atoms with Gasteiger partial charge in [-0.15, -0.1) is 11.6 Å². The SMILES string of the molecule is CCCC(=O)O[C@H](CCCl)c1ccccc1. The number of carbonyl (C=O) groups is 1. The van der Waals surface area contributed by atoms with Crippen LogP contribution in [-0.2, 0) is 9.53 Å². The summed E-state index contributed by atoms with van der Waals surface area (Å²) in [6, 6.07) is 9.72. The average Bonchev–Trinajstić information content (AvgIpc) is 2.30. The van der Waals surface area contributed by atoms with E-state index in [1.54, 1.807) is 0 Å². The monoisotopic (exact) mass is 240 g/mol. The molecule has 1 atom stereocenters. The molecule has 1 rings (SSSR count). The summed E-state index contributed by atoms with van der Waals surface area (Å²) in [7, 11) is 0. The average molecular weight is 241 g/mol. The Morgan fingerprint density at radius 1 is 1.38 bits per heavy atom. The van der Waals surface area contributed by atoms with Gasteiger partial charge in [0, 0.05) is 18.7 Å². The Labute approximate surface area is 102 Å². The van der Waals surface area contributed by atoms with E-state index >= 15 is 0 Å². The van der Waals surface area contributed by atoms with Crippen LogP contribution >= 0.6 is 11.6 Å². The van der Waals surface area contributed by atoms with Crippen molar-refractivity contribution < 1.29 is 9.53 Å². The van der Waals surface area contributed by atoms with Gasteiger partial charge >= 0.3 is 5.97 Å². The van der Waals surface area contributed by atoms with Crippen molar-refractivity contribution in [2.45, 2.75) is 32.3 Å². The van der Waals surface area contributed by atoms with E-state index in [0.717, 1.165) is 12.0 Å². The van der Waals surface area contributed by atoms with Gasteiger partial charge in [0.05, 0.1) is 0 Å². The molecule has 88 valence electrons. The van der Waals surface area contributed by atoms with Crippen molar-refractivity contribution in [3.63, 3.8) is 0 Å². The second-order valence-corrected chi connectivity index (χ2v) is 3.99. The summed E-state index contributed by atoms with van der Waals surface area (Å²) in [4.78, 5) is 11.4. The zero-order valence-corrected chi connectivity index (χ0v) is 10.2. The summed E-state index contributed by atoms with van der Waals surface area (Å²) in [5.74, 6) is 0.334. The van der Waals surface area contributed by atoms with Crippen LogP contribution in [0.15, 0.2) is 30.3 Å². The van der Waals surface area contributed by atoms with Crippen LogP contribution in [0.5, 0.6) is 0 Å². The van der Waals surface area contributed by atoms with Crippen LogP contribution in [0.4, 0.5) is 0 Å². The Bertz CT molecular complexity index is 311. The van der Waals surface area contributed by atoms with Gasteiger partial charge < -0.3 is 4.74 Å². The number of rotatable bonds is 6. The zero-order chi connectivity index (χ0) is 11.8. The Morgan fingerprint density at radius 3 is 2.62 bits per heavy atom. The molecule has 0 fully saturated rings. The fourth-order valence-electron chi connectivity index (χ4n) is 1.48. The van der Waals surface area contributed by atoms with E-state index in [0.29, 0.717) is 18.7 Å². The molecule has 0 heterocycles. The number of alkyl halides is 1. The molecular weight excluding hydrogens is 224 g/mol. The van der Waals surface area contributed by atoms with Crippen molar-refractivity contribution in [2.24, 2.45) is 0 Å². The molecule has 0 aliphatic heterocycles. The van der Waals surface area contributed by atoms with Crippen LogP contribution in [-0.4, -0.2) is 11.8 Å². The topological polar surface area (TPSA) is 26.3 Å². The van der Waals surface area contributed by atoms with Crippen LogP contribution in [0, 0.1) is 0 Å². The van der Waals surface area contributed by atoms with Gasteiger partial charge in [0.2, 0.25) is 0 Å². The molecule has 0 aliphatic carbocycles. The highest BCUT2D eigenvalue weighted by atomic mass is 35.5. The molecule has 16 heavy (non-hydrogen) atoms. The van der Waals surface area contributed by atoms with Gasteiger partial charge in [0.1, 0.15) is 6.10 Å². The largest absolute Gasteiger partial charge is 0.457 e. The maximum absolute atomic E-state index is 11.4. The highest BCUT2D eigenvalue weighted by molar-refractivity contribution is 6.17. The van der Waals surface area contributed by atoms with E-state index in [9.17, 15) is 4.79 Å². The standard InChI is InChI=1S/C13H17ClO2/c1-2-6-13(15)16-12(9-10-14)11-7-4-3-5-8-11/h3-5,7-8,12H,2,6,9-10H2,1H3/t12-/m1/s1. The molecule has 0 saturated carbocycles. The molecule has 0 saturated heterocycles. The number of ether oxygens (including phenoxy) is 1. The lowest BCUT2D eigenvalue weighted by molar-refractivity contribution is -0.149. The summed E-state index contributed by atoms with van der Waals surface area (Å²) in [6.45, 7) is 1.96. The second-order valence-electron chi connectivity index (χ2n) is 3.62. The predicted molar refractivity (Wildman–Crippen MR) is 65.5 cm³/mol. The minimum atomic E-state index is -0.210. The van der Waals surface area contributed by atoms with Crippen molar-refractivity contribution >= 4 is 17.6 Å². The molecule has 1 aromatic carbocycles. The van der Waals surface area contributed by atoms with Gasteiger partial charge in [0.15, 0.2) is 0 Å². The maximum Gasteiger partial charge on any atom is 0.306 e. The van der Waals surface area contributed by atoms with Crippen molar-refractivity contribution in [1.29, 1.82) is 0 Å². The minimum absolute atomic E-state index is 0.151. The first-order valence-corrected chi connectivity index (χ1v) is 6.11. The van der Waals surface area contributed by atoms with Crippen molar-refractivity contribution in [3.05, 3.63) is 35.9 Å². The van der Waals surface area contributed by atoms with E-state index < -0.39 is 0 Å². The van der Waals surface area contributed by atoms with Gasteiger partial charge in [0.25, 0.3) is 0 Å². The Morgan fingerprint density at radius 2 is 2.06 bits per heavy atom. The molecule has 2 nitrogen and oxygen atoms in total. The van der Waals surface area contributed by atoms with Crippen LogP contribution in [0.2, 0.25) is 0 Å². The van der Waals surface area contributed by atoms with E-state index in [1.165, 1.54) is 0 Å². The zero-order valence-electron chi connectivity index (χ0n) is 9.49. The molecule has 0 amide bonds. The first kappa shape index (κ1) is 13.0. The maximum atomic E-state index is 11.4. The fraction of sp³-hybridized carbons (Fsp3) is 0.462. The third-order valence-electron chi connectivity index (χ3n) is 2.27. The van der Waals surface area contributed by atoms with E-state index in [4.69, 9.17) is 16.3 Å². The number of hydrogen-bond donors (Lipinski definition) is 0. The number of carbonyl (C=O) groups excluding carboxylic acids is 1. The second kappa shape index (κ2) is 7.29. The Kier molecular flexibility index (Phi) is 5.94. The summed E-state index contributed by atoms with van der Waals surface area (Å²) in [5, 5.41) is 0. The molecule has 0 unspecified atom stereocenters. The summed E-state index contributed by atoms with van der Waals surface area (Å²) in [5.41, 5.74) is 1.01. The molecular formula is C13H17ClO2. The van der Waals surface area contributed by atoms with Crippen molar-refractivity contribution in [2.75, 3.05) is 5.88 Å². The molecule has 0 spiro atoms. The number of hydrogen-bond acceptors (Lipinski definition) is 2. The normalized spacial score (nSPS) is 12.1. The fourth-order valence-corrected chi connectivity index (χ4v) is 1.68. The van der Waals surface area contributed by atoms with Gasteiger partial charge in [-0.1, -0.05) is 37.3 Å². The van der Waals surface area contributed by atoms with Crippen LogP contribution in [0.3, 0.4) is 0 Å². The molecule has 0 radical (unpaired) electrons. The molecule has 0 bridgehead atoms. The summed E-state index contributed by atoms with van der Waals surface area (Å²) in [6.07, 6.45) is 1.71. The number of halogens is 1. The van der Waals surface area contributed by atoms with E-state index in [1.807, 2.05) is 37.3 Å². The lowest BCUT2D eigenvalue weighted by atomic mass is 10.1. The lowest BCUT2D eigenvalue weighted by Gasteiger charge is -2.17. The third kappa shape index (κ3) is 4.23. The predicted octanol–water partition coefficient (Wildman–Crippen LogP) is 3.70. The molecule has 3 heteroatoms. The smallest absolute Gasteiger partial charge is 0.306 e. The lowest BCUT2D eigenvalue weighted by Crippen LogP contribution is -2.11. The van der Waals surface area contributed by atoms with Gasteiger partial charge in [-0.25, -0.2) is 0 Å². The molecule has 0 aromatic heterocycles. The third-order valence-corrected chi connectivity index (χ3v) is 2.49. The highest BCUT2D eigenvalue weighted by Crippen LogP contribution is 2.22. The summed E-state index contributed by atoms with van der Waals surface area (Å²) < 4.78 is 5.39. The van der Waals surface area contributed by atoms with Gasteiger partial charge in [-0.2, -0.15) is 0 Å². The van der Waals surface area contributed by atoms with Crippen LogP contribution in [0.25, 0.3) is 0 Å². The first-order chi connectivity index (χ1) is 7.77. The van der Waals surface area contributed by atoms with Crippen molar-refractivity contribution in [3.8, 4) is 0 Å². The molecule has 1 aromatic rings. The van der Waals surface area contributed by atoms with Gasteiger partial charge in [-0.05, 0) is 12.0 Å². The van der Waals surface area contributed by atoms with Crippen LogP contribution in [0.1, 0.15) is 37.9 Å². The first-order valence-electron chi connectivity index (χ1n) is 5.58. The number of esters is 1. The van der Waals surface area contributed by atoms with E-state index in [-0.39, 0.29) is 12.1 Å². The molecule has 0 N–H and O–H groups in total. The Balaban J connectivity index is 2.64. The van der Waals surface area contributed by atoms with E-state index in [2.05, 4.69) is 0 Å². The summed E-state index contributed by atoms with van der Waals surface area (Å²) >= 11 is 5.72. The van der Waals surface area contributed by atoms with Crippen molar-refractivity contribution in [1.82, 2.24) is 0 Å². The highest BCUT2D eigenvalue weighted by Gasteiger charge is 2.15. The molecule has 0 aliphatic rings.